The molecule has 1 fully saturated rings. The molecule has 0 spiro atoms. The summed E-state index contributed by atoms with van der Waals surface area (Å²) in [4.78, 5) is 35.4. The number of nitrogens with zero attached hydrogens (tertiary/aromatic N) is 1. The fourth-order valence-corrected chi connectivity index (χ4v) is 3.23. The second-order valence-electron chi connectivity index (χ2n) is 4.31. The zero-order valence-corrected chi connectivity index (χ0v) is 12.9. The van der Waals surface area contributed by atoms with Crippen LogP contribution in [0.1, 0.15) is 0 Å². The van der Waals surface area contributed by atoms with Crippen LogP contribution in [0.25, 0.3) is 0 Å². The van der Waals surface area contributed by atoms with Gasteiger partial charge in [0, 0.05) is 18.0 Å². The van der Waals surface area contributed by atoms with Crippen molar-refractivity contribution in [3.63, 3.8) is 0 Å². The molecule has 0 unspecified atom stereocenters. The Morgan fingerprint density at radius 3 is 2.82 bits per heavy atom. The van der Waals surface area contributed by atoms with Crippen molar-refractivity contribution in [3.8, 4) is 0 Å². The zero-order valence-electron chi connectivity index (χ0n) is 11.3. The fourth-order valence-electron chi connectivity index (χ4n) is 1.69. The van der Waals surface area contributed by atoms with Gasteiger partial charge in [0.15, 0.2) is 0 Å². The minimum absolute atomic E-state index is 0.0523. The molecule has 118 valence electrons. The maximum absolute atomic E-state index is 13.4. The molecule has 0 aromatic heterocycles. The quantitative estimate of drug-likeness (QED) is 0.797. The molecular formula is C13H12F2N2O3S2. The van der Waals surface area contributed by atoms with E-state index in [0.717, 1.165) is 46.6 Å². The Morgan fingerprint density at radius 1 is 1.36 bits per heavy atom. The smallest absolute Gasteiger partial charge is 0.288 e. The molecular weight excluding hydrogens is 334 g/mol. The van der Waals surface area contributed by atoms with Gasteiger partial charge in [-0.1, -0.05) is 11.8 Å². The highest BCUT2D eigenvalue weighted by Gasteiger charge is 2.29. The summed E-state index contributed by atoms with van der Waals surface area (Å²) in [5.74, 6) is -1.79. The maximum atomic E-state index is 13.4. The summed E-state index contributed by atoms with van der Waals surface area (Å²) in [6.07, 6.45) is 0. The van der Waals surface area contributed by atoms with Crippen LogP contribution in [0.3, 0.4) is 0 Å². The van der Waals surface area contributed by atoms with Gasteiger partial charge in [-0.2, -0.15) is 0 Å². The number of halogens is 2. The van der Waals surface area contributed by atoms with Crippen molar-refractivity contribution in [1.29, 1.82) is 0 Å². The summed E-state index contributed by atoms with van der Waals surface area (Å²) >= 11 is 1.80. The van der Waals surface area contributed by atoms with Crippen LogP contribution >= 0.6 is 23.5 Å². The summed E-state index contributed by atoms with van der Waals surface area (Å²) in [5, 5.41) is 2.20. The van der Waals surface area contributed by atoms with Gasteiger partial charge in [0.1, 0.15) is 11.6 Å². The third-order valence-corrected chi connectivity index (χ3v) is 4.64. The lowest BCUT2D eigenvalue weighted by atomic mass is 10.3. The molecule has 0 aliphatic carbocycles. The predicted molar refractivity (Wildman–Crippen MR) is 79.7 cm³/mol. The number of nitrogens with one attached hydrogen (secondary N) is 1. The van der Waals surface area contributed by atoms with E-state index in [2.05, 4.69) is 5.32 Å². The molecule has 9 heteroatoms. The van der Waals surface area contributed by atoms with Crippen molar-refractivity contribution in [2.75, 3.05) is 24.6 Å². The lowest BCUT2D eigenvalue weighted by Crippen LogP contribution is -2.38. The van der Waals surface area contributed by atoms with Crippen LogP contribution in [0.4, 0.5) is 13.6 Å². The fraction of sp³-hybridized carbons (Fsp3) is 0.308. The summed E-state index contributed by atoms with van der Waals surface area (Å²) in [6, 6.07) is 3.02. The van der Waals surface area contributed by atoms with Gasteiger partial charge in [-0.3, -0.25) is 19.3 Å². The lowest BCUT2D eigenvalue weighted by Gasteiger charge is -2.13. The number of imide groups is 1. The van der Waals surface area contributed by atoms with E-state index in [-0.39, 0.29) is 46.5 Å². The first-order chi connectivity index (χ1) is 10.5. The van der Waals surface area contributed by atoms with Gasteiger partial charge in [-0.15, -0.1) is 11.8 Å². The lowest BCUT2D eigenvalue weighted by molar-refractivity contribution is -0.125. The standard InChI is InChI=1S/C13H12F2N2O3S2/c14-8-1-2-9(15)10(5-8)21-6-11(18)16-3-4-17-12(19)7-22-13(17)20/h1-2,5H,3-4,6-7H2,(H,16,18). The number of carbonyl (C=O) groups excluding carboxylic acids is 3. The molecule has 1 N–H and O–H groups in total. The molecule has 5 nitrogen and oxygen atoms in total. The monoisotopic (exact) mass is 346 g/mol. The van der Waals surface area contributed by atoms with Gasteiger partial charge in [0.25, 0.3) is 5.24 Å². The van der Waals surface area contributed by atoms with Gasteiger partial charge in [0.05, 0.1) is 11.5 Å². The van der Waals surface area contributed by atoms with Crippen molar-refractivity contribution >= 4 is 40.6 Å². The Kier molecular flexibility index (Phi) is 5.78. The van der Waals surface area contributed by atoms with Crippen LogP contribution < -0.4 is 5.32 Å². The Balaban J connectivity index is 1.73. The zero-order chi connectivity index (χ0) is 16.1. The van der Waals surface area contributed by atoms with Crippen LogP contribution in [0, 0.1) is 11.6 Å². The third kappa shape index (κ3) is 4.44. The predicted octanol–water partition coefficient (Wildman–Crippen LogP) is 1.87. The van der Waals surface area contributed by atoms with Crippen molar-refractivity contribution in [2.24, 2.45) is 0 Å². The summed E-state index contributed by atoms with van der Waals surface area (Å²) < 4.78 is 26.3. The average Bonchev–Trinajstić information content (AvgIpc) is 2.80. The first-order valence-electron chi connectivity index (χ1n) is 6.29. The minimum Gasteiger partial charge on any atom is -0.354 e. The first kappa shape index (κ1) is 16.8. The number of amides is 3. The maximum Gasteiger partial charge on any atom is 0.288 e. The molecule has 1 aliphatic rings. The van der Waals surface area contributed by atoms with E-state index >= 15 is 0 Å². The number of thioether (sulfide) groups is 2. The Morgan fingerprint density at radius 2 is 2.14 bits per heavy atom. The second kappa shape index (κ2) is 7.59. The highest BCUT2D eigenvalue weighted by molar-refractivity contribution is 8.14. The molecule has 0 atom stereocenters. The Labute approximate surface area is 133 Å². The van der Waals surface area contributed by atoms with Crippen molar-refractivity contribution in [1.82, 2.24) is 10.2 Å². The topological polar surface area (TPSA) is 66.5 Å². The van der Waals surface area contributed by atoms with Crippen LogP contribution in [-0.2, 0) is 9.59 Å². The molecule has 2 rings (SSSR count). The van der Waals surface area contributed by atoms with E-state index < -0.39 is 11.6 Å². The Hall–Kier alpha value is -1.61. The average molecular weight is 346 g/mol. The minimum atomic E-state index is -0.593. The highest BCUT2D eigenvalue weighted by atomic mass is 32.2. The normalized spacial score (nSPS) is 14.5. The Bertz CT molecular complexity index is 597. The van der Waals surface area contributed by atoms with E-state index in [1.807, 2.05) is 0 Å². The molecule has 0 radical (unpaired) electrons. The number of carbonyl (C=O) groups is 3. The second-order valence-corrected chi connectivity index (χ2v) is 6.26. The van der Waals surface area contributed by atoms with Crippen molar-refractivity contribution < 1.29 is 23.2 Å². The molecule has 22 heavy (non-hydrogen) atoms. The van der Waals surface area contributed by atoms with Gasteiger partial charge in [0.2, 0.25) is 11.8 Å². The number of hydrogen-bond acceptors (Lipinski definition) is 5. The van der Waals surface area contributed by atoms with Crippen molar-refractivity contribution in [2.45, 2.75) is 4.90 Å². The van der Waals surface area contributed by atoms with Gasteiger partial charge >= 0.3 is 0 Å². The molecule has 0 bridgehead atoms. The summed E-state index contributed by atoms with van der Waals surface area (Å²) in [7, 11) is 0. The molecule has 1 aromatic carbocycles. The number of hydrogen-bond donors (Lipinski definition) is 1. The highest BCUT2D eigenvalue weighted by Crippen LogP contribution is 2.22. The largest absolute Gasteiger partial charge is 0.354 e. The SMILES string of the molecule is O=C(CSc1cc(F)ccc1F)NCCN1C(=O)CSC1=O. The van der Waals surface area contributed by atoms with Crippen molar-refractivity contribution in [3.05, 3.63) is 29.8 Å². The van der Waals surface area contributed by atoms with E-state index in [0.29, 0.717) is 0 Å². The number of benzene rings is 1. The first-order valence-corrected chi connectivity index (χ1v) is 8.26. The van der Waals surface area contributed by atoms with Crippen LogP contribution in [0.5, 0.6) is 0 Å². The third-order valence-electron chi connectivity index (χ3n) is 2.75. The van der Waals surface area contributed by atoms with Crippen LogP contribution in [0.15, 0.2) is 23.1 Å². The molecule has 3 amide bonds. The molecule has 0 saturated carbocycles. The van der Waals surface area contributed by atoms with Gasteiger partial charge in [-0.25, -0.2) is 8.78 Å². The summed E-state index contributed by atoms with van der Waals surface area (Å²) in [5.41, 5.74) is 0. The molecule has 1 saturated heterocycles. The molecule has 1 aromatic rings. The van der Waals surface area contributed by atoms with Gasteiger partial charge in [-0.05, 0) is 18.2 Å². The van der Waals surface area contributed by atoms with Crippen LogP contribution in [0.2, 0.25) is 0 Å². The summed E-state index contributed by atoms with van der Waals surface area (Å²) in [6.45, 7) is 0.235. The van der Waals surface area contributed by atoms with E-state index in [4.69, 9.17) is 0 Å². The van der Waals surface area contributed by atoms with E-state index in [1.165, 1.54) is 0 Å². The van der Waals surface area contributed by atoms with E-state index in [9.17, 15) is 23.2 Å². The molecule has 1 aliphatic heterocycles. The molecule has 1 heterocycles. The van der Waals surface area contributed by atoms with Gasteiger partial charge < -0.3 is 5.32 Å². The number of rotatable bonds is 6. The van der Waals surface area contributed by atoms with Crippen LogP contribution in [-0.4, -0.2) is 46.5 Å². The van der Waals surface area contributed by atoms with E-state index in [1.54, 1.807) is 0 Å².